The Morgan fingerprint density at radius 1 is 0.574 bits per heavy atom. The van der Waals surface area contributed by atoms with Gasteiger partial charge in [0.15, 0.2) is 0 Å². The van der Waals surface area contributed by atoms with Crippen LogP contribution >= 0.6 is 0 Å². The maximum atomic E-state index is 12.4. The Labute approximate surface area is 699 Å². The van der Waals surface area contributed by atoms with Gasteiger partial charge in [-0.05, 0) is 163 Å². The van der Waals surface area contributed by atoms with E-state index in [1.165, 1.54) is 59.3 Å². The molecule has 7 aliphatic rings. The van der Waals surface area contributed by atoms with Gasteiger partial charge in [0.2, 0.25) is 17.7 Å². The van der Waals surface area contributed by atoms with Crippen molar-refractivity contribution in [2.24, 2.45) is 61.6 Å². The second-order valence-electron chi connectivity index (χ2n) is 33.5. The third-order valence-electron chi connectivity index (χ3n) is 21.5. The van der Waals surface area contributed by atoms with Crippen molar-refractivity contribution in [1.82, 2.24) is 24.9 Å². The van der Waals surface area contributed by atoms with Crippen molar-refractivity contribution in [2.75, 3.05) is 89.3 Å². The molecule has 0 spiro atoms. The number of rotatable bonds is 11. The van der Waals surface area contributed by atoms with Crippen molar-refractivity contribution in [2.45, 2.75) is 232 Å². The van der Waals surface area contributed by atoms with Crippen LogP contribution in [0.4, 0.5) is 0 Å². The molecule has 3 amide bonds. The Morgan fingerprint density at radius 2 is 0.931 bits per heavy atom. The number of carboxylic acids is 1. The molecule has 2 aliphatic heterocycles. The van der Waals surface area contributed by atoms with Crippen LogP contribution < -0.4 is 5.32 Å². The summed E-state index contributed by atoms with van der Waals surface area (Å²) in [4.78, 5) is 96.9. The molecule has 20 nitrogen and oxygen atoms in total. The van der Waals surface area contributed by atoms with E-state index in [1.807, 2.05) is 49.0 Å². The van der Waals surface area contributed by atoms with E-state index in [9.17, 15) is 38.4 Å². The maximum Gasteiger partial charge on any atom is 0.332 e. The fourth-order valence-electron chi connectivity index (χ4n) is 13.6. The van der Waals surface area contributed by atoms with Gasteiger partial charge in [0.05, 0.1) is 35.9 Å². The number of hydrogen-bond acceptors (Lipinski definition) is 14. The Bertz CT molecular complexity index is 2630. The Hall–Kier alpha value is -1.78. The fraction of sp³-hybridized carbons (Fsp3) is 0.766. The van der Waals surface area contributed by atoms with Gasteiger partial charge in [-0.3, -0.25) is 38.5 Å². The summed E-state index contributed by atoms with van der Waals surface area (Å²) in [6.45, 7) is 62.6. The van der Waals surface area contributed by atoms with E-state index in [0.29, 0.717) is 60.6 Å². The van der Waals surface area contributed by atoms with Crippen LogP contribution in [0.1, 0.15) is 200 Å². The topological polar surface area (TPSA) is 302 Å². The van der Waals surface area contributed by atoms with E-state index in [4.69, 9.17) is 14.6 Å². The first-order chi connectivity index (χ1) is 43.2. The number of nitrogens with one attached hydrogen (secondary N) is 1. The molecule has 2 heterocycles. The molecule has 5 saturated carbocycles. The Balaban J connectivity index is -0.000000202. The van der Waals surface area contributed by atoms with Crippen LogP contribution in [0, 0.1) is 150 Å². The Kier molecular flexibility index (Phi) is 54.9. The second kappa shape index (κ2) is 49.3. The number of Topliss-reactive ketones (excluding diaryl/α,β-unsaturated/α-hetero) is 1. The van der Waals surface area contributed by atoms with Gasteiger partial charge in [0.1, 0.15) is 12.4 Å². The van der Waals surface area contributed by atoms with Gasteiger partial charge in [-0.15, -0.1) is 0 Å². The first-order valence-electron chi connectivity index (χ1n) is 34.6. The minimum atomic E-state index is -1.08. The molecule has 2 radical (unpaired) electrons. The van der Waals surface area contributed by atoms with Crippen LogP contribution in [0.25, 0.3) is 0 Å². The first-order valence-corrected chi connectivity index (χ1v) is 38.3. The molecule has 10 unspecified atom stereocenters. The van der Waals surface area contributed by atoms with Gasteiger partial charge >= 0.3 is 23.9 Å². The smallest absolute Gasteiger partial charge is 0.332 e. The molecule has 7 N–H and O–H groups in total. The van der Waals surface area contributed by atoms with Gasteiger partial charge < -0.3 is 55.8 Å². The number of methoxy groups -OCH3 is 2. The normalized spacial score (nSPS) is 27.6. The number of piperidine rings is 2. The number of allylic oxidation sites excluding steroid dienone is 3. The third kappa shape index (κ3) is 37.7. The molecule has 7 rings (SSSR count). The number of esters is 3. The molecule has 0 aromatic rings. The number of ether oxygens (including phenoxy) is 3. The average Bonchev–Trinajstić information content (AvgIpc) is 1.77. The number of aliphatic carboxylic acids is 1. The van der Waals surface area contributed by atoms with E-state index in [-0.39, 0.29) is 177 Å². The van der Waals surface area contributed by atoms with Crippen LogP contribution in [-0.2, 0) is 73.0 Å². The van der Waals surface area contributed by atoms with Crippen molar-refractivity contribution >= 4 is 55.5 Å². The maximum absolute atomic E-state index is 12.4. The molecule has 7 fully saturated rings. The minimum absolute atomic E-state index is 0. The summed E-state index contributed by atoms with van der Waals surface area (Å²) >= 11 is 0. The first kappa shape index (κ1) is 113. The van der Waals surface area contributed by atoms with Crippen LogP contribution in [0.5, 0.6) is 0 Å². The molecule has 0 aromatic carbocycles. The van der Waals surface area contributed by atoms with E-state index >= 15 is 0 Å². The summed E-state index contributed by atoms with van der Waals surface area (Å²) in [5.41, 5.74) is 4.35. The quantitative estimate of drug-likeness (QED) is 0.0639. The van der Waals surface area contributed by atoms with Crippen LogP contribution in [0.3, 0.4) is 0 Å². The summed E-state index contributed by atoms with van der Waals surface area (Å²) in [6.07, 6.45) is 12.7. The van der Waals surface area contributed by atoms with Crippen molar-refractivity contribution in [3.8, 4) is 0 Å². The predicted octanol–water partition coefficient (Wildman–Crippen LogP) is 12.9. The summed E-state index contributed by atoms with van der Waals surface area (Å²) in [6, 6.07) is 1.63. The van der Waals surface area contributed by atoms with E-state index < -0.39 is 24.9 Å². The number of ketones is 1. The zero-order valence-electron chi connectivity index (χ0n) is 67.9. The van der Waals surface area contributed by atoms with Gasteiger partial charge in [0, 0.05) is 209 Å². The van der Waals surface area contributed by atoms with E-state index in [1.54, 1.807) is 42.6 Å². The molecule has 586 valence electrons. The van der Waals surface area contributed by atoms with E-state index in [2.05, 4.69) is 130 Å². The number of amides is 3. The van der Waals surface area contributed by atoms with Crippen LogP contribution in [-0.4, -0.2) is 192 Å². The SMILES string of the molecule is C=C(C)C(=O)OC.C=C(COC(C)=O)C[Si](C)(C)C.C=C1CCC(C)(C(=O)N(C)C)C1.C=C1CCC(C)(C(=O)O)C1.C=C1CCC(C)(C(=O)OC)C1.CC1CN(C2CCC(C)(C(=O)N(C)C)C2)CC(C)C1(C)C.CC1CNCC(C)C1(C)C.CN(C)C(=O)C1(C)CCC(=O)C1.O.O.[Ac].[Ac].[OH-].[Pd]. The zero-order chi connectivity index (χ0) is 74.4. The molecule has 0 aromatic heterocycles. The largest absolute Gasteiger partial charge is 0.870 e. The van der Waals surface area contributed by atoms with Crippen molar-refractivity contribution < 1.29 is 183 Å². The fourth-order valence-corrected chi connectivity index (χ4v) is 15.2. The van der Waals surface area contributed by atoms with Gasteiger partial charge in [-0.1, -0.05) is 145 Å². The molecule has 101 heavy (non-hydrogen) atoms. The molecule has 10 atom stereocenters. The summed E-state index contributed by atoms with van der Waals surface area (Å²) in [5.74, 6) is 2.54. The zero-order valence-corrected chi connectivity index (χ0v) is 80.0. The average molecular weight is 1970 g/mol. The monoisotopic (exact) mass is 1960 g/mol. The summed E-state index contributed by atoms with van der Waals surface area (Å²) in [7, 11) is 12.5. The van der Waals surface area contributed by atoms with Crippen molar-refractivity contribution in [3.63, 3.8) is 0 Å². The third-order valence-corrected chi connectivity index (χ3v) is 23.1. The number of carbonyl (C=O) groups is 8. The molecular formula is C77H142Ac2N5O15PdSi-. The minimum Gasteiger partial charge on any atom is -0.870 e. The molecular weight excluding hydrogens is 1820 g/mol. The number of likely N-dealkylation sites (tertiary alicyclic amines) is 1. The predicted molar refractivity (Wildman–Crippen MR) is 400 cm³/mol. The number of hydrogen-bond donors (Lipinski definition) is 2. The summed E-state index contributed by atoms with van der Waals surface area (Å²) < 4.78 is 13.8. The van der Waals surface area contributed by atoms with Crippen LogP contribution in [0.15, 0.2) is 60.8 Å². The Morgan fingerprint density at radius 3 is 1.21 bits per heavy atom. The molecule has 24 heteroatoms. The van der Waals surface area contributed by atoms with E-state index in [0.717, 1.165) is 111 Å². The summed E-state index contributed by atoms with van der Waals surface area (Å²) in [5, 5.41) is 12.2. The molecule has 5 aliphatic carbocycles. The second-order valence-corrected chi connectivity index (χ2v) is 39.0. The number of nitrogens with zero attached hydrogens (tertiary/aromatic N) is 4. The number of carboxylic acid groups (broad SMARTS) is 1. The van der Waals surface area contributed by atoms with Gasteiger partial charge in [-0.2, -0.15) is 0 Å². The standard InChI is InChI=1S/C18H34N2O.C10H17NO.C9H15NO2.C9H19N.C9H18O2Si.C9H14O2.C8H12O2.C5H8O2.2Ac.3H2O.Pd/c1-13-11-20(12-14(2)17(13,3)4)15-8-9-18(5,10-15)16(21)19(6)7;1-8-5-6-10(2,7-8)9(12)11(3)4;1-9(8(12)10(2)3)5-4-7(11)6-9;1-7-5-10-6-8(2)9(7,3)4;1-8(6-11-9(2)10)7-12(3,4)5;1-7-4-5-9(2,6-7)8(10)11-3;1-6-3-4-8(2,5-6)7(9)10;1-4(2)5(6)7-3;;;;;;/h13-15H,8-12H2,1-7H3;1,5-7H2,2-4H3;4-6H2,1-3H3;7-8,10H,5-6H2,1-4H3;1,6-7H2,2-5H3;1,4-6H2,2-3H3;1,3-5H2,2H3,(H,9,10);1H2,2-3H3;;;3*1H2;/p-1. The van der Waals surface area contributed by atoms with Gasteiger partial charge in [-0.25, -0.2) is 4.79 Å². The molecule has 0 bridgehead atoms. The van der Waals surface area contributed by atoms with Gasteiger partial charge in [0.25, 0.3) is 0 Å². The van der Waals surface area contributed by atoms with Crippen LogP contribution in [0.2, 0.25) is 25.7 Å². The number of carbonyl (C=O) groups excluding carboxylic acids is 7. The van der Waals surface area contributed by atoms with Crippen molar-refractivity contribution in [1.29, 1.82) is 0 Å². The van der Waals surface area contributed by atoms with Crippen molar-refractivity contribution in [3.05, 3.63) is 60.8 Å². The molecule has 2 saturated heterocycles.